The number of methoxy groups -OCH3 is 2. The molecule has 0 heterocycles. The summed E-state index contributed by atoms with van der Waals surface area (Å²) in [6.45, 7) is 3.37. The molecule has 2 N–H and O–H groups in total. The zero-order valence-corrected chi connectivity index (χ0v) is 13.6. The minimum absolute atomic E-state index is 0.160. The van der Waals surface area contributed by atoms with Crippen LogP contribution in [0.15, 0.2) is 22.7 Å². The van der Waals surface area contributed by atoms with Crippen LogP contribution in [-0.2, 0) is 4.74 Å². The summed E-state index contributed by atoms with van der Waals surface area (Å²) in [5.74, 6) is 0.826. The van der Waals surface area contributed by atoms with Crippen molar-refractivity contribution in [1.82, 2.24) is 4.90 Å². The first kappa shape index (κ1) is 16.4. The minimum Gasteiger partial charge on any atom is -0.496 e. The Bertz CT molecular complexity index is 401. The lowest BCUT2D eigenvalue weighted by Gasteiger charge is -2.32. The van der Waals surface area contributed by atoms with Crippen LogP contribution in [-0.4, -0.2) is 45.4 Å². The number of halogens is 1. The van der Waals surface area contributed by atoms with Gasteiger partial charge >= 0.3 is 0 Å². The predicted octanol–water partition coefficient (Wildman–Crippen LogP) is 2.42. The highest BCUT2D eigenvalue weighted by Gasteiger charge is 2.21. The van der Waals surface area contributed by atoms with Crippen molar-refractivity contribution in [3.8, 4) is 5.75 Å². The Morgan fingerprint density at radius 2 is 2.05 bits per heavy atom. The van der Waals surface area contributed by atoms with Crippen molar-refractivity contribution in [2.75, 3.05) is 34.4 Å². The molecule has 0 saturated heterocycles. The molecule has 0 fully saturated rings. The minimum atomic E-state index is 0.160. The number of nitrogens with two attached hydrogens (primary N) is 1. The zero-order chi connectivity index (χ0) is 14.4. The van der Waals surface area contributed by atoms with E-state index in [2.05, 4.69) is 46.9 Å². The van der Waals surface area contributed by atoms with Gasteiger partial charge in [-0.3, -0.25) is 4.90 Å². The van der Waals surface area contributed by atoms with Gasteiger partial charge in [0, 0.05) is 25.7 Å². The SMILES string of the molecule is COCC(C)N(C)C(CN)c1ccc(OC)c(Br)c1. The molecule has 2 unspecified atom stereocenters. The second-order valence-corrected chi connectivity index (χ2v) is 5.47. The lowest BCUT2D eigenvalue weighted by atomic mass is 10.0. The maximum Gasteiger partial charge on any atom is 0.133 e. The largest absolute Gasteiger partial charge is 0.496 e. The second kappa shape index (κ2) is 7.85. The van der Waals surface area contributed by atoms with E-state index in [-0.39, 0.29) is 6.04 Å². The summed E-state index contributed by atoms with van der Waals surface area (Å²) in [5.41, 5.74) is 7.10. The van der Waals surface area contributed by atoms with Gasteiger partial charge in [0.2, 0.25) is 0 Å². The third kappa shape index (κ3) is 4.18. The second-order valence-electron chi connectivity index (χ2n) is 4.62. The van der Waals surface area contributed by atoms with Gasteiger partial charge in [-0.15, -0.1) is 0 Å². The summed E-state index contributed by atoms with van der Waals surface area (Å²) < 4.78 is 11.4. The zero-order valence-electron chi connectivity index (χ0n) is 12.0. The first-order chi connectivity index (χ1) is 9.04. The van der Waals surface area contributed by atoms with Gasteiger partial charge in [0.1, 0.15) is 5.75 Å². The summed E-state index contributed by atoms with van der Waals surface area (Å²) in [6, 6.07) is 6.53. The van der Waals surface area contributed by atoms with Crippen LogP contribution in [0.1, 0.15) is 18.5 Å². The number of rotatable bonds is 7. The van der Waals surface area contributed by atoms with Crippen LogP contribution in [0.2, 0.25) is 0 Å². The Hall–Kier alpha value is -0.620. The molecule has 0 aromatic heterocycles. The van der Waals surface area contributed by atoms with E-state index in [1.165, 1.54) is 5.56 Å². The smallest absolute Gasteiger partial charge is 0.133 e. The molecule has 0 radical (unpaired) electrons. The van der Waals surface area contributed by atoms with Crippen molar-refractivity contribution in [3.05, 3.63) is 28.2 Å². The Kier molecular flexibility index (Phi) is 6.79. The number of ether oxygens (including phenoxy) is 2. The molecule has 0 aliphatic rings. The van der Waals surface area contributed by atoms with E-state index in [4.69, 9.17) is 15.2 Å². The maximum atomic E-state index is 5.93. The van der Waals surface area contributed by atoms with Crippen molar-refractivity contribution in [3.63, 3.8) is 0 Å². The Morgan fingerprint density at radius 3 is 2.53 bits per heavy atom. The fourth-order valence-corrected chi connectivity index (χ4v) is 2.65. The van der Waals surface area contributed by atoms with Crippen LogP contribution in [0, 0.1) is 0 Å². The number of hydrogen-bond donors (Lipinski definition) is 1. The van der Waals surface area contributed by atoms with E-state index in [9.17, 15) is 0 Å². The van der Waals surface area contributed by atoms with E-state index in [0.29, 0.717) is 19.2 Å². The van der Waals surface area contributed by atoms with Crippen LogP contribution >= 0.6 is 15.9 Å². The average Bonchev–Trinajstić information content (AvgIpc) is 2.40. The molecule has 4 nitrogen and oxygen atoms in total. The normalized spacial score (nSPS) is 14.5. The van der Waals surface area contributed by atoms with E-state index in [1.807, 2.05) is 6.07 Å². The summed E-state index contributed by atoms with van der Waals surface area (Å²) in [7, 11) is 5.44. The average molecular weight is 331 g/mol. The first-order valence-corrected chi connectivity index (χ1v) is 7.08. The molecule has 19 heavy (non-hydrogen) atoms. The fourth-order valence-electron chi connectivity index (χ4n) is 2.09. The molecular weight excluding hydrogens is 308 g/mol. The van der Waals surface area contributed by atoms with Crippen LogP contribution in [0.5, 0.6) is 5.75 Å². The number of hydrogen-bond acceptors (Lipinski definition) is 4. The number of likely N-dealkylation sites (N-methyl/N-ethyl adjacent to an activating group) is 1. The van der Waals surface area contributed by atoms with Gasteiger partial charge < -0.3 is 15.2 Å². The molecular formula is C14H23BrN2O2. The topological polar surface area (TPSA) is 47.7 Å². The van der Waals surface area contributed by atoms with Gasteiger partial charge in [0.15, 0.2) is 0 Å². The highest BCUT2D eigenvalue weighted by atomic mass is 79.9. The number of benzene rings is 1. The van der Waals surface area contributed by atoms with Gasteiger partial charge in [-0.2, -0.15) is 0 Å². The molecule has 0 aliphatic carbocycles. The monoisotopic (exact) mass is 330 g/mol. The summed E-state index contributed by atoms with van der Waals surface area (Å²) in [6.07, 6.45) is 0. The molecule has 0 saturated carbocycles. The van der Waals surface area contributed by atoms with Crippen molar-refractivity contribution in [2.24, 2.45) is 5.73 Å². The highest BCUT2D eigenvalue weighted by Crippen LogP contribution is 2.30. The summed E-state index contributed by atoms with van der Waals surface area (Å²) >= 11 is 3.51. The maximum absolute atomic E-state index is 5.93. The third-order valence-electron chi connectivity index (χ3n) is 3.38. The van der Waals surface area contributed by atoms with Gasteiger partial charge in [0.25, 0.3) is 0 Å². The van der Waals surface area contributed by atoms with Crippen LogP contribution < -0.4 is 10.5 Å². The van der Waals surface area contributed by atoms with Crippen LogP contribution in [0.3, 0.4) is 0 Å². The lowest BCUT2D eigenvalue weighted by molar-refractivity contribution is 0.0910. The molecule has 108 valence electrons. The standard InChI is InChI=1S/C14H23BrN2O2/c1-10(9-18-3)17(2)13(8-16)11-5-6-14(19-4)12(15)7-11/h5-7,10,13H,8-9,16H2,1-4H3. The molecule has 5 heteroatoms. The number of nitrogens with zero attached hydrogens (tertiary/aromatic N) is 1. The van der Waals surface area contributed by atoms with E-state index in [1.54, 1.807) is 14.2 Å². The summed E-state index contributed by atoms with van der Waals surface area (Å²) in [4.78, 5) is 2.23. The van der Waals surface area contributed by atoms with Crippen LogP contribution in [0.25, 0.3) is 0 Å². The lowest BCUT2D eigenvalue weighted by Crippen LogP contribution is -2.39. The first-order valence-electron chi connectivity index (χ1n) is 6.29. The molecule has 1 aromatic carbocycles. The van der Waals surface area contributed by atoms with Crippen molar-refractivity contribution >= 4 is 15.9 Å². The molecule has 1 rings (SSSR count). The fraction of sp³-hybridized carbons (Fsp3) is 0.571. The Balaban J connectivity index is 2.93. The van der Waals surface area contributed by atoms with E-state index >= 15 is 0 Å². The van der Waals surface area contributed by atoms with Gasteiger partial charge in [0.05, 0.1) is 18.2 Å². The molecule has 0 spiro atoms. The Morgan fingerprint density at radius 1 is 1.37 bits per heavy atom. The van der Waals surface area contributed by atoms with Gasteiger partial charge in [-0.05, 0) is 47.6 Å². The van der Waals surface area contributed by atoms with Gasteiger partial charge in [-0.1, -0.05) is 6.07 Å². The summed E-state index contributed by atoms with van der Waals surface area (Å²) in [5, 5.41) is 0. The highest BCUT2D eigenvalue weighted by molar-refractivity contribution is 9.10. The molecule has 2 atom stereocenters. The predicted molar refractivity (Wildman–Crippen MR) is 81.6 cm³/mol. The van der Waals surface area contributed by atoms with Crippen molar-refractivity contribution in [2.45, 2.75) is 19.0 Å². The molecule has 1 aromatic rings. The quantitative estimate of drug-likeness (QED) is 0.834. The van der Waals surface area contributed by atoms with E-state index < -0.39 is 0 Å². The van der Waals surface area contributed by atoms with Crippen molar-refractivity contribution < 1.29 is 9.47 Å². The van der Waals surface area contributed by atoms with Crippen LogP contribution in [0.4, 0.5) is 0 Å². The van der Waals surface area contributed by atoms with Crippen molar-refractivity contribution in [1.29, 1.82) is 0 Å². The third-order valence-corrected chi connectivity index (χ3v) is 4.00. The molecule has 0 aliphatic heterocycles. The molecule has 0 bridgehead atoms. The Labute approximate surface area is 124 Å². The van der Waals surface area contributed by atoms with E-state index in [0.717, 1.165) is 10.2 Å². The van der Waals surface area contributed by atoms with Gasteiger partial charge in [-0.25, -0.2) is 0 Å². The molecule has 0 amide bonds.